The minimum atomic E-state index is -0.298. The number of benzene rings is 1. The van der Waals surface area contributed by atoms with Crippen LogP contribution in [0, 0.1) is 11.7 Å². The summed E-state index contributed by atoms with van der Waals surface area (Å²) in [6.07, 6.45) is 2.57. The van der Waals surface area contributed by atoms with Crippen molar-refractivity contribution in [2.45, 2.75) is 19.3 Å². The van der Waals surface area contributed by atoms with E-state index in [0.29, 0.717) is 16.8 Å². The second-order valence-electron chi connectivity index (χ2n) is 5.33. The molecule has 0 aliphatic carbocycles. The molecule has 0 spiro atoms. The Morgan fingerprint density at radius 3 is 3.05 bits per heavy atom. The van der Waals surface area contributed by atoms with Gasteiger partial charge in [0.15, 0.2) is 0 Å². The number of piperidine rings is 1. The number of rotatable bonds is 4. The van der Waals surface area contributed by atoms with Crippen LogP contribution in [0.4, 0.5) is 4.39 Å². The van der Waals surface area contributed by atoms with E-state index in [2.05, 4.69) is 21.2 Å². The summed E-state index contributed by atoms with van der Waals surface area (Å²) in [6.45, 7) is 2.61. The molecule has 1 unspecified atom stereocenters. The van der Waals surface area contributed by atoms with Gasteiger partial charge in [0.05, 0.1) is 10.9 Å². The van der Waals surface area contributed by atoms with E-state index < -0.39 is 0 Å². The maximum absolute atomic E-state index is 13.2. The van der Waals surface area contributed by atoms with Crippen molar-refractivity contribution in [3.63, 3.8) is 0 Å². The van der Waals surface area contributed by atoms with Crippen LogP contribution in [0.1, 0.15) is 18.4 Å². The van der Waals surface area contributed by atoms with E-state index in [-0.39, 0.29) is 11.7 Å². The number of carbonyl (C=O) groups excluding carboxylic acids is 1. The lowest BCUT2D eigenvalue weighted by Gasteiger charge is -2.32. The zero-order chi connectivity index (χ0) is 14.5. The van der Waals surface area contributed by atoms with Gasteiger partial charge in [-0.25, -0.2) is 4.39 Å². The third-order valence-electron chi connectivity index (χ3n) is 3.70. The number of carbonyl (C=O) groups is 1. The molecule has 1 aliphatic heterocycles. The standard InChI is InChI=1S/C15H20BrFN2O/c1-18-9-12-3-2-6-19(10-12)15(20)8-11-4-5-14(17)13(16)7-11/h4-5,7,12,18H,2-3,6,8-10H2,1H3. The van der Waals surface area contributed by atoms with Crippen molar-refractivity contribution < 1.29 is 9.18 Å². The number of nitrogens with zero attached hydrogens (tertiary/aromatic N) is 1. The fourth-order valence-corrected chi connectivity index (χ4v) is 3.11. The number of halogens is 2. The topological polar surface area (TPSA) is 32.3 Å². The van der Waals surface area contributed by atoms with Gasteiger partial charge in [-0.2, -0.15) is 0 Å². The molecule has 2 rings (SSSR count). The normalized spacial score (nSPS) is 19.1. The van der Waals surface area contributed by atoms with Gasteiger partial charge in [0.2, 0.25) is 5.91 Å². The lowest BCUT2D eigenvalue weighted by atomic mass is 9.97. The van der Waals surface area contributed by atoms with Gasteiger partial charge in [0.1, 0.15) is 5.82 Å². The van der Waals surface area contributed by atoms with Crippen LogP contribution in [0.5, 0.6) is 0 Å². The van der Waals surface area contributed by atoms with Crippen molar-refractivity contribution in [1.29, 1.82) is 0 Å². The van der Waals surface area contributed by atoms with Crippen LogP contribution in [0.25, 0.3) is 0 Å². The van der Waals surface area contributed by atoms with Crippen LogP contribution in [0.2, 0.25) is 0 Å². The first-order chi connectivity index (χ1) is 9.60. The molecule has 1 saturated heterocycles. The molecule has 5 heteroatoms. The van der Waals surface area contributed by atoms with Crippen molar-refractivity contribution >= 4 is 21.8 Å². The van der Waals surface area contributed by atoms with E-state index in [0.717, 1.165) is 31.6 Å². The average molecular weight is 343 g/mol. The van der Waals surface area contributed by atoms with Crippen LogP contribution in [-0.2, 0) is 11.2 Å². The van der Waals surface area contributed by atoms with Crippen LogP contribution < -0.4 is 5.32 Å². The Balaban J connectivity index is 1.95. The highest BCUT2D eigenvalue weighted by molar-refractivity contribution is 9.10. The molecule has 1 N–H and O–H groups in total. The first-order valence-corrected chi connectivity index (χ1v) is 7.75. The van der Waals surface area contributed by atoms with E-state index in [1.165, 1.54) is 12.5 Å². The van der Waals surface area contributed by atoms with Gasteiger partial charge in [-0.3, -0.25) is 4.79 Å². The summed E-state index contributed by atoms with van der Waals surface area (Å²) in [5.74, 6) is 0.371. The van der Waals surface area contributed by atoms with Crippen LogP contribution in [0.15, 0.2) is 22.7 Å². The molecule has 3 nitrogen and oxygen atoms in total. The minimum absolute atomic E-state index is 0.129. The Hall–Kier alpha value is -0.940. The molecule has 1 aromatic carbocycles. The van der Waals surface area contributed by atoms with Crippen LogP contribution in [0.3, 0.4) is 0 Å². The lowest BCUT2D eigenvalue weighted by Crippen LogP contribution is -2.43. The Kier molecular flexibility index (Phi) is 5.54. The first kappa shape index (κ1) is 15.4. The second-order valence-corrected chi connectivity index (χ2v) is 6.19. The number of likely N-dealkylation sites (tertiary alicyclic amines) is 1. The van der Waals surface area contributed by atoms with Crippen molar-refractivity contribution in [2.24, 2.45) is 5.92 Å². The first-order valence-electron chi connectivity index (χ1n) is 6.96. The smallest absolute Gasteiger partial charge is 0.226 e. The highest BCUT2D eigenvalue weighted by Gasteiger charge is 2.23. The van der Waals surface area contributed by atoms with Crippen molar-refractivity contribution in [2.75, 3.05) is 26.7 Å². The summed E-state index contributed by atoms with van der Waals surface area (Å²) >= 11 is 3.15. The minimum Gasteiger partial charge on any atom is -0.342 e. The number of amides is 1. The molecule has 110 valence electrons. The van der Waals surface area contributed by atoms with Crippen molar-refractivity contribution in [3.8, 4) is 0 Å². The van der Waals surface area contributed by atoms with E-state index in [4.69, 9.17) is 0 Å². The summed E-state index contributed by atoms with van der Waals surface area (Å²) in [5, 5.41) is 3.17. The summed E-state index contributed by atoms with van der Waals surface area (Å²) in [7, 11) is 1.94. The zero-order valence-corrected chi connectivity index (χ0v) is 13.2. The molecule has 1 heterocycles. The van der Waals surface area contributed by atoms with Gasteiger partial charge < -0.3 is 10.2 Å². The number of hydrogen-bond acceptors (Lipinski definition) is 2. The highest BCUT2D eigenvalue weighted by atomic mass is 79.9. The molecule has 1 atom stereocenters. The Morgan fingerprint density at radius 2 is 2.35 bits per heavy atom. The predicted octanol–water partition coefficient (Wildman–Crippen LogP) is 2.59. The zero-order valence-electron chi connectivity index (χ0n) is 11.7. The Bertz CT molecular complexity index is 479. The van der Waals surface area contributed by atoms with Gasteiger partial charge >= 0.3 is 0 Å². The summed E-state index contributed by atoms with van der Waals surface area (Å²) < 4.78 is 13.6. The SMILES string of the molecule is CNCC1CCCN(C(=O)Cc2ccc(F)c(Br)c2)C1. The molecule has 0 aromatic heterocycles. The van der Waals surface area contributed by atoms with E-state index in [9.17, 15) is 9.18 Å². The molecule has 1 fully saturated rings. The van der Waals surface area contributed by atoms with Gasteiger partial charge in [-0.1, -0.05) is 6.07 Å². The second kappa shape index (κ2) is 7.18. The Morgan fingerprint density at radius 1 is 1.55 bits per heavy atom. The molecule has 20 heavy (non-hydrogen) atoms. The summed E-state index contributed by atoms with van der Waals surface area (Å²) in [4.78, 5) is 14.2. The number of nitrogens with one attached hydrogen (secondary N) is 1. The molecular weight excluding hydrogens is 323 g/mol. The third-order valence-corrected chi connectivity index (χ3v) is 4.31. The van der Waals surface area contributed by atoms with Crippen molar-refractivity contribution in [3.05, 3.63) is 34.1 Å². The fraction of sp³-hybridized carbons (Fsp3) is 0.533. The maximum Gasteiger partial charge on any atom is 0.226 e. The van der Waals surface area contributed by atoms with Crippen LogP contribution in [-0.4, -0.2) is 37.5 Å². The molecule has 0 bridgehead atoms. The van der Waals surface area contributed by atoms with E-state index >= 15 is 0 Å². The molecule has 1 aromatic rings. The fourth-order valence-electron chi connectivity index (χ4n) is 2.68. The highest BCUT2D eigenvalue weighted by Crippen LogP contribution is 2.20. The molecule has 0 radical (unpaired) electrons. The quantitative estimate of drug-likeness (QED) is 0.912. The van der Waals surface area contributed by atoms with Gasteiger partial charge in [0.25, 0.3) is 0 Å². The van der Waals surface area contributed by atoms with Gasteiger partial charge in [-0.05, 0) is 66.0 Å². The van der Waals surface area contributed by atoms with E-state index in [1.807, 2.05) is 11.9 Å². The average Bonchev–Trinajstić information content (AvgIpc) is 2.43. The lowest BCUT2D eigenvalue weighted by molar-refractivity contribution is -0.132. The molecular formula is C15H20BrFN2O. The molecule has 0 saturated carbocycles. The van der Waals surface area contributed by atoms with Crippen LogP contribution >= 0.6 is 15.9 Å². The summed E-state index contributed by atoms with van der Waals surface area (Å²) in [5.41, 5.74) is 0.846. The monoisotopic (exact) mass is 342 g/mol. The third kappa shape index (κ3) is 4.03. The Labute approximate surface area is 127 Å². The van der Waals surface area contributed by atoms with Crippen molar-refractivity contribution in [1.82, 2.24) is 10.2 Å². The summed E-state index contributed by atoms with van der Waals surface area (Å²) in [6, 6.07) is 4.75. The van der Waals surface area contributed by atoms with Gasteiger partial charge in [0, 0.05) is 13.1 Å². The van der Waals surface area contributed by atoms with Gasteiger partial charge in [-0.15, -0.1) is 0 Å². The molecule has 1 aliphatic rings. The maximum atomic E-state index is 13.2. The largest absolute Gasteiger partial charge is 0.342 e. The van der Waals surface area contributed by atoms with E-state index in [1.54, 1.807) is 12.1 Å². The molecule has 1 amide bonds. The number of hydrogen-bond donors (Lipinski definition) is 1. The predicted molar refractivity (Wildman–Crippen MR) is 81.0 cm³/mol.